The van der Waals surface area contributed by atoms with Gasteiger partial charge in [-0.3, -0.25) is 4.99 Å². The summed E-state index contributed by atoms with van der Waals surface area (Å²) in [6.45, 7) is 4.79. The third kappa shape index (κ3) is 6.20. The molecule has 4 heteroatoms. The Balaban J connectivity index is 1.33. The van der Waals surface area contributed by atoms with Crippen LogP contribution >= 0.6 is 0 Å². The normalized spacial score (nSPS) is 17.2. The quantitative estimate of drug-likeness (QED) is 0.232. The molecule has 1 fully saturated rings. The Morgan fingerprint density at radius 2 is 1.62 bits per heavy atom. The number of aryl methyl sites for hydroxylation is 2. The molecule has 3 aromatic carbocycles. The predicted molar refractivity (Wildman–Crippen MR) is 151 cm³/mol. The lowest BCUT2D eigenvalue weighted by Gasteiger charge is -2.40. The molecule has 0 atom stereocenters. The zero-order chi connectivity index (χ0) is 25.8. The molecule has 3 aromatic rings. The number of ether oxygens (including phenoxy) is 1. The third-order valence-electron chi connectivity index (χ3n) is 7.96. The summed E-state index contributed by atoms with van der Waals surface area (Å²) < 4.78 is 6.50. The van der Waals surface area contributed by atoms with Crippen LogP contribution in [0.3, 0.4) is 0 Å². The van der Waals surface area contributed by atoms with Crippen LogP contribution in [-0.4, -0.2) is 43.7 Å². The van der Waals surface area contributed by atoms with Gasteiger partial charge in [-0.2, -0.15) is 0 Å². The molecule has 1 saturated heterocycles. The van der Waals surface area contributed by atoms with E-state index in [2.05, 4.69) is 86.7 Å². The van der Waals surface area contributed by atoms with Crippen molar-refractivity contribution < 1.29 is 14.3 Å². The lowest BCUT2D eigenvalue weighted by atomic mass is 9.97. The molecule has 0 spiro atoms. The summed E-state index contributed by atoms with van der Waals surface area (Å²) in [5.41, 5.74) is 8.86. The molecule has 0 unspecified atom stereocenters. The Bertz CT molecular complexity index is 1280. The zero-order valence-corrected chi connectivity index (χ0v) is 22.4. The van der Waals surface area contributed by atoms with Gasteiger partial charge in [0, 0.05) is 18.4 Å². The molecule has 0 amide bonds. The minimum absolute atomic E-state index is 0.125. The fraction of sp³-hybridized carbons (Fsp3) is 0.364. The molecule has 0 bridgehead atoms. The van der Waals surface area contributed by atoms with Gasteiger partial charge in [0.05, 0.1) is 39.0 Å². The van der Waals surface area contributed by atoms with Crippen molar-refractivity contribution >= 4 is 17.7 Å². The van der Waals surface area contributed by atoms with Crippen molar-refractivity contribution in [3.8, 4) is 11.1 Å². The van der Waals surface area contributed by atoms with Gasteiger partial charge in [0.2, 0.25) is 0 Å². The monoisotopic (exact) mass is 494 g/mol. The summed E-state index contributed by atoms with van der Waals surface area (Å²) in [6.07, 6.45) is 6.98. The molecule has 37 heavy (non-hydrogen) atoms. The SMILES string of the molecule is Cc1ccc(-c2ccc3c(c2)C=C(C([O-])=Nc2ccc(C[N+](C)(C)C4CCOCC4)cc2)CCC3)cc1. The average molecular weight is 495 g/mol. The van der Waals surface area contributed by atoms with E-state index in [-0.39, 0.29) is 5.90 Å². The van der Waals surface area contributed by atoms with Crippen LogP contribution in [-0.2, 0) is 17.7 Å². The van der Waals surface area contributed by atoms with Crippen molar-refractivity contribution in [1.82, 2.24) is 0 Å². The highest BCUT2D eigenvalue weighted by atomic mass is 16.5. The number of quaternary nitrogens is 1. The van der Waals surface area contributed by atoms with Gasteiger partial charge in [0.1, 0.15) is 6.54 Å². The zero-order valence-electron chi connectivity index (χ0n) is 22.4. The smallest absolute Gasteiger partial charge is 0.104 e. The van der Waals surface area contributed by atoms with E-state index in [0.29, 0.717) is 6.04 Å². The largest absolute Gasteiger partial charge is 0.858 e. The Hall–Kier alpha value is -3.21. The van der Waals surface area contributed by atoms with Crippen LogP contribution in [0.5, 0.6) is 0 Å². The van der Waals surface area contributed by atoms with E-state index in [1.807, 2.05) is 12.1 Å². The molecule has 2 aliphatic rings. The molecule has 4 nitrogen and oxygen atoms in total. The Morgan fingerprint density at radius 1 is 0.919 bits per heavy atom. The molecule has 0 aromatic heterocycles. The maximum absolute atomic E-state index is 13.2. The Kier molecular flexibility index (Phi) is 7.59. The molecule has 1 aliphatic carbocycles. The number of hydrogen-bond donors (Lipinski definition) is 0. The highest BCUT2D eigenvalue weighted by Gasteiger charge is 2.30. The van der Waals surface area contributed by atoms with E-state index in [0.717, 1.165) is 73.2 Å². The molecular weight excluding hydrogens is 456 g/mol. The van der Waals surface area contributed by atoms with Gasteiger partial charge < -0.3 is 14.3 Å². The van der Waals surface area contributed by atoms with E-state index in [4.69, 9.17) is 4.74 Å². The highest BCUT2D eigenvalue weighted by molar-refractivity contribution is 5.97. The molecule has 1 heterocycles. The number of nitrogens with zero attached hydrogens (tertiary/aromatic N) is 2. The molecule has 0 saturated carbocycles. The molecule has 0 radical (unpaired) electrons. The second-order valence-corrected chi connectivity index (χ2v) is 11.2. The van der Waals surface area contributed by atoms with E-state index < -0.39 is 0 Å². The van der Waals surface area contributed by atoms with Crippen molar-refractivity contribution in [2.75, 3.05) is 27.3 Å². The van der Waals surface area contributed by atoms with Gasteiger partial charge in [0.25, 0.3) is 0 Å². The first kappa shape index (κ1) is 25.4. The molecule has 192 valence electrons. The molecule has 5 rings (SSSR count). The summed E-state index contributed by atoms with van der Waals surface area (Å²) in [6, 6.07) is 24.0. The van der Waals surface area contributed by atoms with Crippen LogP contribution in [0.15, 0.2) is 77.3 Å². The van der Waals surface area contributed by atoms with Gasteiger partial charge in [-0.1, -0.05) is 60.2 Å². The average Bonchev–Trinajstić information content (AvgIpc) is 3.13. The number of fused-ring (bicyclic) bond motifs is 1. The van der Waals surface area contributed by atoms with Gasteiger partial charge >= 0.3 is 0 Å². The first-order chi connectivity index (χ1) is 17.9. The maximum Gasteiger partial charge on any atom is 0.104 e. The van der Waals surface area contributed by atoms with Crippen LogP contribution in [0, 0.1) is 6.92 Å². The lowest BCUT2D eigenvalue weighted by Crippen LogP contribution is -2.50. The first-order valence-electron chi connectivity index (χ1n) is 13.5. The van der Waals surface area contributed by atoms with E-state index >= 15 is 0 Å². The summed E-state index contributed by atoms with van der Waals surface area (Å²) in [4.78, 5) is 4.49. The third-order valence-corrected chi connectivity index (χ3v) is 7.96. The second-order valence-electron chi connectivity index (χ2n) is 11.2. The molecule has 1 aliphatic heterocycles. The summed E-state index contributed by atoms with van der Waals surface area (Å²) in [7, 11) is 4.61. The first-order valence-corrected chi connectivity index (χ1v) is 13.5. The summed E-state index contributed by atoms with van der Waals surface area (Å²) in [5, 5.41) is 13.2. The number of benzene rings is 3. The molecular formula is C33H38N2O2. The van der Waals surface area contributed by atoms with Crippen LogP contribution in [0.25, 0.3) is 17.2 Å². The van der Waals surface area contributed by atoms with Crippen LogP contribution in [0.4, 0.5) is 5.69 Å². The van der Waals surface area contributed by atoms with E-state index in [1.54, 1.807) is 0 Å². The van der Waals surface area contributed by atoms with E-state index in [9.17, 15) is 5.11 Å². The van der Waals surface area contributed by atoms with Crippen molar-refractivity contribution in [3.63, 3.8) is 0 Å². The summed E-state index contributed by atoms with van der Waals surface area (Å²) in [5.74, 6) is -0.125. The number of aliphatic imine (C=N–C) groups is 1. The minimum atomic E-state index is -0.125. The highest BCUT2D eigenvalue weighted by Crippen LogP contribution is 2.29. The van der Waals surface area contributed by atoms with Crippen molar-refractivity contribution in [1.29, 1.82) is 0 Å². The van der Waals surface area contributed by atoms with Crippen molar-refractivity contribution in [2.45, 2.75) is 51.6 Å². The maximum atomic E-state index is 13.2. The van der Waals surface area contributed by atoms with Crippen molar-refractivity contribution in [3.05, 3.63) is 94.6 Å². The van der Waals surface area contributed by atoms with Gasteiger partial charge in [-0.15, -0.1) is 0 Å². The fourth-order valence-electron chi connectivity index (χ4n) is 5.63. The second kappa shape index (κ2) is 11.0. The topological polar surface area (TPSA) is 44.7 Å². The Labute approximate surface area is 221 Å². The standard InChI is InChI=1S/C33H38N2O2/c1-24-7-11-27(12-8-24)28-14-13-26-5-4-6-29(22-30(26)21-28)33(36)34-31-15-9-25(10-16-31)23-35(2,3)32-17-19-37-20-18-32/h7-16,21-22,32H,4-6,17-20,23H2,1-3H3. The van der Waals surface area contributed by atoms with E-state index in [1.165, 1.54) is 27.8 Å². The van der Waals surface area contributed by atoms with Crippen LogP contribution < -0.4 is 5.11 Å². The van der Waals surface area contributed by atoms with Crippen LogP contribution in [0.1, 0.15) is 47.9 Å². The Morgan fingerprint density at radius 3 is 2.35 bits per heavy atom. The van der Waals surface area contributed by atoms with Gasteiger partial charge in [-0.25, -0.2) is 0 Å². The van der Waals surface area contributed by atoms with Gasteiger partial charge in [-0.05, 0) is 78.1 Å². The lowest BCUT2D eigenvalue weighted by molar-refractivity contribution is -0.929. The molecule has 0 N–H and O–H groups in total. The number of rotatable bonds is 6. The van der Waals surface area contributed by atoms with Gasteiger partial charge in [0.15, 0.2) is 0 Å². The minimum Gasteiger partial charge on any atom is -0.858 e. The van der Waals surface area contributed by atoms with Crippen molar-refractivity contribution in [2.24, 2.45) is 4.99 Å². The summed E-state index contributed by atoms with van der Waals surface area (Å²) >= 11 is 0. The number of hydrogen-bond acceptors (Lipinski definition) is 3. The fourth-order valence-corrected chi connectivity index (χ4v) is 5.63. The predicted octanol–water partition coefficient (Wildman–Crippen LogP) is 6.23. The van der Waals surface area contributed by atoms with Crippen LogP contribution in [0.2, 0.25) is 0 Å².